The van der Waals surface area contributed by atoms with Gasteiger partial charge >= 0.3 is 18.2 Å². The molecule has 0 saturated carbocycles. The number of cyclic esters (lactones) is 1. The van der Waals surface area contributed by atoms with E-state index in [-0.39, 0.29) is 32.0 Å². The molecule has 3 saturated heterocycles. The third kappa shape index (κ3) is 10.1. The molecule has 14 nitrogen and oxygen atoms in total. The van der Waals surface area contributed by atoms with Gasteiger partial charge in [0.1, 0.15) is 24.9 Å². The Balaban J connectivity index is 1.49. The largest absolute Gasteiger partial charge is 0.509 e. The van der Waals surface area contributed by atoms with Crippen LogP contribution in [0.3, 0.4) is 0 Å². The first-order chi connectivity index (χ1) is 27.4. The fourth-order valence-electron chi connectivity index (χ4n) is 9.01. The summed E-state index contributed by atoms with van der Waals surface area (Å²) in [6.07, 6.45) is -9.13. The number of ether oxygens (including phenoxy) is 7. The van der Waals surface area contributed by atoms with Crippen LogP contribution in [0.1, 0.15) is 85.8 Å². The lowest BCUT2D eigenvalue weighted by molar-refractivity contribution is -0.301. The number of fused-ring (bicyclic) bond motifs is 2. The third-order valence-electron chi connectivity index (χ3n) is 12.4. The molecule has 14 heteroatoms. The van der Waals surface area contributed by atoms with Crippen LogP contribution < -0.4 is 0 Å². The van der Waals surface area contributed by atoms with E-state index in [9.17, 15) is 29.7 Å². The maximum absolute atomic E-state index is 13.8. The van der Waals surface area contributed by atoms with Crippen molar-refractivity contribution in [2.45, 2.75) is 154 Å². The summed E-state index contributed by atoms with van der Waals surface area (Å²) in [4.78, 5) is 42.2. The third-order valence-corrected chi connectivity index (χ3v) is 12.4. The first kappa shape index (κ1) is 45.3. The molecule has 5 rings (SSSR count). The number of carbonyl (C=O) groups excluding carboxylic acids is 3. The van der Waals surface area contributed by atoms with Gasteiger partial charge in [0.05, 0.1) is 48.1 Å². The zero-order valence-electron chi connectivity index (χ0n) is 35.2. The molecule has 0 radical (unpaired) electrons. The average Bonchev–Trinajstić information content (AvgIpc) is 3.53. The first-order valence-electron chi connectivity index (χ1n) is 20.5. The van der Waals surface area contributed by atoms with E-state index < -0.39 is 102 Å². The monoisotopic (exact) mass is 813 g/mol. The molecule has 0 spiro atoms. The van der Waals surface area contributed by atoms with E-state index in [1.807, 2.05) is 88.4 Å². The highest BCUT2D eigenvalue weighted by atomic mass is 16.8. The van der Waals surface area contributed by atoms with Gasteiger partial charge in [-0.15, -0.1) is 0 Å². The number of aliphatic hydroxyl groups is 3. The van der Waals surface area contributed by atoms with Crippen LogP contribution in [0.2, 0.25) is 0 Å². The quantitative estimate of drug-likeness (QED) is 0.184. The van der Waals surface area contributed by atoms with Gasteiger partial charge in [-0.05, 0) is 64.0 Å². The lowest BCUT2D eigenvalue weighted by Crippen LogP contribution is -2.61. The van der Waals surface area contributed by atoms with Crippen LogP contribution >= 0.6 is 0 Å². The summed E-state index contributed by atoms with van der Waals surface area (Å²) in [5.74, 6) is -3.41. The number of rotatable bonds is 11. The van der Waals surface area contributed by atoms with Crippen molar-refractivity contribution in [3.05, 3.63) is 71.8 Å². The highest BCUT2D eigenvalue weighted by molar-refractivity contribution is 5.73. The van der Waals surface area contributed by atoms with E-state index in [0.717, 1.165) is 11.1 Å². The number of likely N-dealkylation sites (N-methyl/N-ethyl adjacent to an activating group) is 1. The Labute approximate surface area is 342 Å². The van der Waals surface area contributed by atoms with E-state index in [0.29, 0.717) is 6.42 Å². The van der Waals surface area contributed by atoms with Crippen molar-refractivity contribution >= 4 is 18.2 Å². The molecular formula is C44H63NO13. The van der Waals surface area contributed by atoms with Gasteiger partial charge in [0.2, 0.25) is 0 Å². The summed E-state index contributed by atoms with van der Waals surface area (Å²) in [7, 11) is 1.56. The van der Waals surface area contributed by atoms with Crippen LogP contribution in [0.25, 0.3) is 0 Å². The molecular weight excluding hydrogens is 750 g/mol. The second kappa shape index (κ2) is 19.1. The molecule has 322 valence electrons. The lowest BCUT2D eigenvalue weighted by Gasteiger charge is -2.47. The minimum Gasteiger partial charge on any atom is -0.459 e. The summed E-state index contributed by atoms with van der Waals surface area (Å²) in [5, 5.41) is 34.4. The van der Waals surface area contributed by atoms with Crippen molar-refractivity contribution in [1.29, 1.82) is 0 Å². The number of aliphatic hydroxyl groups excluding tert-OH is 2. The molecule has 3 N–H and O–H groups in total. The molecule has 2 bridgehead atoms. The SMILES string of the molecule is CC[C@@H](O)[C@@](C)(O)[C@@H]1OC(=O)[C@H](C)[C@H](O)[C@H](C)[C@@H](OC2OC(C)CC(N(C)C(=O)OCc3ccccc3)C2OC(=O)OCc2ccccc2)[C@]2(C)CC(C)C(O2)[C@@H]1C. The molecule has 3 aliphatic rings. The second-order valence-electron chi connectivity index (χ2n) is 17.0. The van der Waals surface area contributed by atoms with Crippen molar-refractivity contribution in [2.75, 3.05) is 7.05 Å². The highest BCUT2D eigenvalue weighted by Gasteiger charge is 2.58. The van der Waals surface area contributed by atoms with E-state index in [1.165, 1.54) is 18.7 Å². The van der Waals surface area contributed by atoms with Crippen molar-refractivity contribution in [1.82, 2.24) is 4.90 Å². The molecule has 0 aromatic heterocycles. The molecule has 6 unspecified atom stereocenters. The van der Waals surface area contributed by atoms with Gasteiger partial charge in [-0.25, -0.2) is 9.59 Å². The van der Waals surface area contributed by atoms with Gasteiger partial charge in [0.15, 0.2) is 12.4 Å². The number of hydrogen-bond acceptors (Lipinski definition) is 13. The maximum Gasteiger partial charge on any atom is 0.509 e. The molecule has 0 aliphatic carbocycles. The van der Waals surface area contributed by atoms with Gasteiger partial charge in [0.25, 0.3) is 0 Å². The summed E-state index contributed by atoms with van der Waals surface area (Å²) in [5.41, 5.74) is -1.42. The van der Waals surface area contributed by atoms with E-state index in [1.54, 1.807) is 20.9 Å². The molecule has 3 aliphatic heterocycles. The molecule has 3 fully saturated rings. The Morgan fingerprint density at radius 3 is 2.14 bits per heavy atom. The zero-order valence-corrected chi connectivity index (χ0v) is 35.2. The molecule has 3 heterocycles. The number of nitrogens with zero attached hydrogens (tertiary/aromatic N) is 1. The predicted molar refractivity (Wildman–Crippen MR) is 211 cm³/mol. The molecule has 1 amide bonds. The molecule has 15 atom stereocenters. The molecule has 2 aromatic rings. The Morgan fingerprint density at radius 2 is 1.55 bits per heavy atom. The Morgan fingerprint density at radius 1 is 0.966 bits per heavy atom. The highest BCUT2D eigenvalue weighted by Crippen LogP contribution is 2.48. The number of amides is 1. The fourth-order valence-corrected chi connectivity index (χ4v) is 9.01. The van der Waals surface area contributed by atoms with Gasteiger partial charge in [-0.3, -0.25) is 4.79 Å². The smallest absolute Gasteiger partial charge is 0.459 e. The summed E-state index contributed by atoms with van der Waals surface area (Å²) >= 11 is 0. The van der Waals surface area contributed by atoms with Gasteiger partial charge in [0, 0.05) is 18.9 Å². The van der Waals surface area contributed by atoms with Gasteiger partial charge < -0.3 is 53.4 Å². The van der Waals surface area contributed by atoms with Gasteiger partial charge in [-0.1, -0.05) is 88.4 Å². The first-order valence-corrected chi connectivity index (χ1v) is 20.5. The molecule has 58 heavy (non-hydrogen) atoms. The van der Waals surface area contributed by atoms with Crippen LogP contribution in [0.4, 0.5) is 9.59 Å². The van der Waals surface area contributed by atoms with E-state index in [2.05, 4.69) is 0 Å². The second-order valence-corrected chi connectivity index (χ2v) is 17.0. The summed E-state index contributed by atoms with van der Waals surface area (Å²) < 4.78 is 43.5. The number of esters is 1. The van der Waals surface area contributed by atoms with Crippen molar-refractivity contribution in [2.24, 2.45) is 23.7 Å². The number of benzene rings is 2. The topological polar surface area (TPSA) is 180 Å². The predicted octanol–water partition coefficient (Wildman–Crippen LogP) is 5.77. The lowest BCUT2D eigenvalue weighted by atomic mass is 9.76. The van der Waals surface area contributed by atoms with E-state index in [4.69, 9.17) is 33.2 Å². The van der Waals surface area contributed by atoms with Crippen molar-refractivity contribution < 1.29 is 62.9 Å². The van der Waals surface area contributed by atoms with E-state index >= 15 is 0 Å². The van der Waals surface area contributed by atoms with Crippen molar-refractivity contribution in [3.8, 4) is 0 Å². The van der Waals surface area contributed by atoms with Crippen molar-refractivity contribution in [3.63, 3.8) is 0 Å². The minimum absolute atomic E-state index is 0.0205. The number of carbonyl (C=O) groups is 3. The minimum atomic E-state index is -1.83. The van der Waals surface area contributed by atoms with Crippen LogP contribution in [-0.2, 0) is 51.2 Å². The van der Waals surface area contributed by atoms with Crippen LogP contribution in [-0.4, -0.2) is 112 Å². The maximum atomic E-state index is 13.8. The van der Waals surface area contributed by atoms with Crippen LogP contribution in [0.5, 0.6) is 0 Å². The van der Waals surface area contributed by atoms with Crippen LogP contribution in [0.15, 0.2) is 60.7 Å². The van der Waals surface area contributed by atoms with Gasteiger partial charge in [-0.2, -0.15) is 0 Å². The fraction of sp³-hybridized carbons (Fsp3) is 0.659. The summed E-state index contributed by atoms with van der Waals surface area (Å²) in [6.45, 7) is 13.9. The average molecular weight is 814 g/mol. The zero-order chi connectivity index (χ0) is 42.5. The normalized spacial score (nSPS) is 35.7. The summed E-state index contributed by atoms with van der Waals surface area (Å²) in [6, 6.07) is 17.5. The van der Waals surface area contributed by atoms with Crippen LogP contribution in [0, 0.1) is 23.7 Å². The molecule has 2 aromatic carbocycles. The standard InChI is InChI=1S/C44H63NO13/c1-10-33(46)44(8,51)38-29(6)35-25(2)22-43(7,58-35)37(27(4)34(47)28(5)39(48)56-38)57-40-36(55-42(50)53-24-31-19-15-12-16-20-31)32(21-26(3)54-40)45(9)41(49)52-23-30-17-13-11-14-18-30/h11-20,25-29,32-38,40,46-47,51H,10,21-24H2,1-9H3/t25?,26?,27-,28+,29-,32?,33+,34+,35?,36?,37+,38+,40?,43-,44+/m0/s1. The Hall–Kier alpha value is -3.79. The number of hydrogen-bond donors (Lipinski definition) is 3. The Bertz CT molecular complexity index is 1660. The Kier molecular flexibility index (Phi) is 14.9.